The van der Waals surface area contributed by atoms with Gasteiger partial charge in [0, 0.05) is 17.8 Å². The van der Waals surface area contributed by atoms with Crippen LogP contribution >= 0.6 is 11.6 Å². The second kappa shape index (κ2) is 5.70. The largest absolute Gasteiger partial charge is 0.289 e. The summed E-state index contributed by atoms with van der Waals surface area (Å²) in [5.41, 5.74) is 0.283. The third kappa shape index (κ3) is 3.31. The Hall–Kier alpha value is -2.13. The maximum absolute atomic E-state index is 12.2. The molecule has 0 bridgehead atoms. The molecule has 0 saturated heterocycles. The van der Waals surface area contributed by atoms with Crippen LogP contribution < -0.4 is 4.72 Å². The summed E-state index contributed by atoms with van der Waals surface area (Å²) < 4.78 is 26.5. The summed E-state index contributed by atoms with van der Waals surface area (Å²) >= 11 is 5.65. The van der Waals surface area contributed by atoms with Crippen molar-refractivity contribution in [2.24, 2.45) is 0 Å². The van der Waals surface area contributed by atoms with Crippen molar-refractivity contribution in [3.63, 3.8) is 0 Å². The van der Waals surface area contributed by atoms with E-state index < -0.39 is 20.6 Å². The SMILES string of the molecule is CCc1cc(NS(=O)(=O)c2ccc(Cl)c([N+](=O)[O-])c2)n[nH]1. The maximum Gasteiger partial charge on any atom is 0.289 e. The number of nitrogens with zero attached hydrogens (tertiary/aromatic N) is 2. The van der Waals surface area contributed by atoms with Crippen molar-refractivity contribution >= 4 is 33.1 Å². The zero-order valence-electron chi connectivity index (χ0n) is 10.8. The first-order valence-corrected chi connectivity index (χ1v) is 7.70. The minimum Gasteiger partial charge on any atom is -0.280 e. The second-order valence-electron chi connectivity index (χ2n) is 4.11. The number of aromatic nitrogens is 2. The van der Waals surface area contributed by atoms with E-state index >= 15 is 0 Å². The molecule has 2 N–H and O–H groups in total. The average Bonchev–Trinajstić information content (AvgIpc) is 2.85. The molecule has 2 aromatic rings. The lowest BCUT2D eigenvalue weighted by atomic mass is 10.3. The second-order valence-corrected chi connectivity index (χ2v) is 6.20. The van der Waals surface area contributed by atoms with E-state index in [9.17, 15) is 18.5 Å². The normalized spacial score (nSPS) is 11.3. The van der Waals surface area contributed by atoms with Gasteiger partial charge in [-0.2, -0.15) is 5.10 Å². The van der Waals surface area contributed by atoms with Crippen LogP contribution in [0.5, 0.6) is 0 Å². The highest BCUT2D eigenvalue weighted by Crippen LogP contribution is 2.27. The zero-order valence-corrected chi connectivity index (χ0v) is 12.4. The van der Waals surface area contributed by atoms with Gasteiger partial charge in [-0.05, 0) is 18.6 Å². The predicted molar refractivity (Wildman–Crippen MR) is 76.9 cm³/mol. The van der Waals surface area contributed by atoms with Gasteiger partial charge in [-0.3, -0.25) is 19.9 Å². The number of hydrogen-bond donors (Lipinski definition) is 2. The first kappa shape index (κ1) is 15.3. The fourth-order valence-electron chi connectivity index (χ4n) is 1.59. The lowest BCUT2D eigenvalue weighted by Gasteiger charge is -2.05. The summed E-state index contributed by atoms with van der Waals surface area (Å²) in [6.45, 7) is 1.88. The van der Waals surface area contributed by atoms with Gasteiger partial charge < -0.3 is 0 Å². The van der Waals surface area contributed by atoms with E-state index in [1.807, 2.05) is 6.92 Å². The van der Waals surface area contributed by atoms with Crippen molar-refractivity contribution in [2.75, 3.05) is 4.72 Å². The summed E-state index contributed by atoms with van der Waals surface area (Å²) in [4.78, 5) is 9.78. The molecule has 21 heavy (non-hydrogen) atoms. The number of nitro benzene ring substituents is 1. The molecule has 0 radical (unpaired) electrons. The van der Waals surface area contributed by atoms with Gasteiger partial charge in [-0.25, -0.2) is 8.42 Å². The van der Waals surface area contributed by atoms with Crippen LogP contribution in [-0.4, -0.2) is 23.5 Å². The third-order valence-electron chi connectivity index (χ3n) is 2.68. The topological polar surface area (TPSA) is 118 Å². The van der Waals surface area contributed by atoms with E-state index in [-0.39, 0.29) is 15.7 Å². The predicted octanol–water partition coefficient (Wildman–Crippen LogP) is 2.33. The minimum absolute atomic E-state index is 0.115. The number of rotatable bonds is 5. The molecule has 0 saturated carbocycles. The lowest BCUT2D eigenvalue weighted by molar-refractivity contribution is -0.384. The Balaban J connectivity index is 2.35. The van der Waals surface area contributed by atoms with Crippen LogP contribution in [0.2, 0.25) is 5.02 Å². The highest BCUT2D eigenvalue weighted by atomic mass is 35.5. The fourth-order valence-corrected chi connectivity index (χ4v) is 2.79. The van der Waals surface area contributed by atoms with Crippen LogP contribution in [0, 0.1) is 10.1 Å². The molecule has 0 unspecified atom stereocenters. The number of aryl methyl sites for hydroxylation is 1. The molecule has 0 amide bonds. The van der Waals surface area contributed by atoms with E-state index in [1.54, 1.807) is 6.07 Å². The molecular formula is C11H11ClN4O4S. The van der Waals surface area contributed by atoms with Crippen molar-refractivity contribution in [3.8, 4) is 0 Å². The molecular weight excluding hydrogens is 320 g/mol. The van der Waals surface area contributed by atoms with Crippen molar-refractivity contribution < 1.29 is 13.3 Å². The van der Waals surface area contributed by atoms with Crippen LogP contribution in [0.4, 0.5) is 11.5 Å². The van der Waals surface area contributed by atoms with Crippen LogP contribution in [-0.2, 0) is 16.4 Å². The number of aromatic amines is 1. The van der Waals surface area contributed by atoms with Gasteiger partial charge >= 0.3 is 0 Å². The molecule has 1 aromatic carbocycles. The number of benzene rings is 1. The van der Waals surface area contributed by atoms with Gasteiger partial charge in [0.15, 0.2) is 5.82 Å². The van der Waals surface area contributed by atoms with Gasteiger partial charge in [0.25, 0.3) is 15.7 Å². The van der Waals surface area contributed by atoms with Crippen LogP contribution in [0.15, 0.2) is 29.2 Å². The Kier molecular flexibility index (Phi) is 4.14. The monoisotopic (exact) mass is 330 g/mol. The van der Waals surface area contributed by atoms with Gasteiger partial charge in [-0.1, -0.05) is 18.5 Å². The first-order chi connectivity index (χ1) is 9.83. The minimum atomic E-state index is -3.98. The smallest absolute Gasteiger partial charge is 0.280 e. The number of nitro groups is 1. The Morgan fingerprint density at radius 1 is 1.43 bits per heavy atom. The van der Waals surface area contributed by atoms with Crippen molar-refractivity contribution in [1.29, 1.82) is 0 Å². The molecule has 0 spiro atoms. The van der Waals surface area contributed by atoms with Crippen molar-refractivity contribution in [2.45, 2.75) is 18.2 Å². The molecule has 2 rings (SSSR count). The van der Waals surface area contributed by atoms with Crippen LogP contribution in [0.3, 0.4) is 0 Å². The average molecular weight is 331 g/mol. The van der Waals surface area contributed by atoms with Gasteiger partial charge in [-0.15, -0.1) is 0 Å². The lowest BCUT2D eigenvalue weighted by Crippen LogP contribution is -2.13. The number of nitrogens with one attached hydrogen (secondary N) is 2. The summed E-state index contributed by atoms with van der Waals surface area (Å²) in [6, 6.07) is 4.79. The molecule has 112 valence electrons. The van der Waals surface area contributed by atoms with Gasteiger partial charge in [0.2, 0.25) is 0 Å². The Labute approximate surface area is 125 Å². The van der Waals surface area contributed by atoms with E-state index in [4.69, 9.17) is 11.6 Å². The number of halogens is 1. The van der Waals surface area contributed by atoms with Crippen molar-refractivity contribution in [1.82, 2.24) is 10.2 Å². The standard InChI is InChI=1S/C11H11ClN4O4S/c1-2-7-5-11(14-13-7)15-21(19,20)8-3-4-9(12)10(6-8)16(17)18/h3-6H,2H2,1H3,(H2,13,14,15). The van der Waals surface area contributed by atoms with Gasteiger partial charge in [0.1, 0.15) is 5.02 Å². The molecule has 0 atom stereocenters. The van der Waals surface area contributed by atoms with E-state index in [1.165, 1.54) is 6.07 Å². The van der Waals surface area contributed by atoms with Crippen LogP contribution in [0.1, 0.15) is 12.6 Å². The fraction of sp³-hybridized carbons (Fsp3) is 0.182. The molecule has 0 aliphatic rings. The Morgan fingerprint density at radius 2 is 2.14 bits per heavy atom. The number of H-pyrrole nitrogens is 1. The summed E-state index contributed by atoms with van der Waals surface area (Å²) in [6.07, 6.45) is 0.668. The number of sulfonamides is 1. The van der Waals surface area contributed by atoms with Crippen molar-refractivity contribution in [3.05, 3.63) is 45.1 Å². The highest BCUT2D eigenvalue weighted by molar-refractivity contribution is 7.92. The molecule has 0 fully saturated rings. The zero-order chi connectivity index (χ0) is 15.6. The first-order valence-electron chi connectivity index (χ1n) is 5.84. The van der Waals surface area contributed by atoms with Crippen LogP contribution in [0.25, 0.3) is 0 Å². The highest BCUT2D eigenvalue weighted by Gasteiger charge is 2.21. The molecule has 8 nitrogen and oxygen atoms in total. The van der Waals surface area contributed by atoms with Gasteiger partial charge in [0.05, 0.1) is 9.82 Å². The van der Waals surface area contributed by atoms with E-state index in [0.717, 1.165) is 17.8 Å². The Morgan fingerprint density at radius 3 is 2.71 bits per heavy atom. The van der Waals surface area contributed by atoms with E-state index in [0.29, 0.717) is 6.42 Å². The molecule has 0 aliphatic heterocycles. The molecule has 10 heteroatoms. The molecule has 0 aliphatic carbocycles. The van der Waals surface area contributed by atoms with E-state index in [2.05, 4.69) is 14.9 Å². The third-order valence-corrected chi connectivity index (χ3v) is 4.35. The Bertz CT molecular complexity index is 787. The molecule has 1 aromatic heterocycles. The number of hydrogen-bond acceptors (Lipinski definition) is 5. The maximum atomic E-state index is 12.2. The summed E-state index contributed by atoms with van der Waals surface area (Å²) in [5.74, 6) is 0.115. The number of anilines is 1. The summed E-state index contributed by atoms with van der Waals surface area (Å²) in [7, 11) is -3.98. The quantitative estimate of drug-likeness (QED) is 0.644. The summed E-state index contributed by atoms with van der Waals surface area (Å²) in [5, 5.41) is 17.1. The molecule has 1 heterocycles.